The number of fused-ring (bicyclic) bond motifs is 3. The van der Waals surface area contributed by atoms with Crippen LogP contribution in [0, 0.1) is 0 Å². The number of aromatic hydroxyl groups is 1. The van der Waals surface area contributed by atoms with Gasteiger partial charge < -0.3 is 19.5 Å². The molecule has 1 atom stereocenters. The Morgan fingerprint density at radius 1 is 1.03 bits per heavy atom. The van der Waals surface area contributed by atoms with Crippen molar-refractivity contribution < 1.29 is 19.4 Å². The smallest absolute Gasteiger partial charge is 0.254 e. The number of carbonyl (C=O) groups excluding carboxylic acids is 1. The largest absolute Gasteiger partial charge is 0.508 e. The van der Waals surface area contributed by atoms with Gasteiger partial charge in [-0.05, 0) is 68.5 Å². The topological polar surface area (TPSA) is 62.2 Å². The van der Waals surface area contributed by atoms with E-state index < -0.39 is 0 Å². The molecule has 2 heterocycles. The number of piperidine rings is 1. The van der Waals surface area contributed by atoms with Crippen molar-refractivity contribution in [1.29, 1.82) is 0 Å². The minimum Gasteiger partial charge on any atom is -0.508 e. The van der Waals surface area contributed by atoms with Gasteiger partial charge >= 0.3 is 0 Å². The number of hydrogen-bond acceptors (Lipinski definition) is 5. The van der Waals surface area contributed by atoms with Crippen LogP contribution in [0.25, 0.3) is 0 Å². The number of aryl methyl sites for hydroxylation is 1. The maximum Gasteiger partial charge on any atom is 0.254 e. The van der Waals surface area contributed by atoms with Crippen LogP contribution in [0.3, 0.4) is 0 Å². The predicted molar refractivity (Wildman–Crippen MR) is 125 cm³/mol. The van der Waals surface area contributed by atoms with Crippen LogP contribution in [0.5, 0.6) is 17.2 Å². The van der Waals surface area contributed by atoms with Crippen molar-refractivity contribution in [2.24, 2.45) is 0 Å². The van der Waals surface area contributed by atoms with Crippen LogP contribution in [0.15, 0.2) is 42.5 Å². The summed E-state index contributed by atoms with van der Waals surface area (Å²) in [7, 11) is 1.54. The number of hydrogen-bond donors (Lipinski definition) is 1. The number of phenols is 1. The van der Waals surface area contributed by atoms with E-state index in [1.807, 2.05) is 11.0 Å². The van der Waals surface area contributed by atoms with E-state index >= 15 is 0 Å². The molecule has 172 valence electrons. The van der Waals surface area contributed by atoms with E-state index in [0.717, 1.165) is 38.1 Å². The number of phenolic OH excluding ortho intramolecular Hbond substituents is 1. The predicted octanol–water partition coefficient (Wildman–Crippen LogP) is 4.11. The van der Waals surface area contributed by atoms with E-state index in [2.05, 4.69) is 23.1 Å². The second-order valence-corrected chi connectivity index (χ2v) is 8.79. The standard InChI is InChI=1S/C26H34N2O4/c1-31-25-18-21(17-23(29)19-25)26(30)28-12-5-15-32-24-8-4-6-20(16-24)9-10-22-7-2-3-11-27(22)13-14-28/h4,6,8,16-19,22,29H,2-3,5,7,9-15H2,1H3. The van der Waals surface area contributed by atoms with Crippen LogP contribution in [0.1, 0.15) is 48.0 Å². The molecule has 1 saturated heterocycles. The van der Waals surface area contributed by atoms with E-state index in [-0.39, 0.29) is 11.7 Å². The number of ether oxygens (including phenoxy) is 2. The summed E-state index contributed by atoms with van der Waals surface area (Å²) in [6.45, 7) is 3.79. The lowest BCUT2D eigenvalue weighted by molar-refractivity contribution is 0.0682. The molecule has 0 aromatic heterocycles. The van der Waals surface area contributed by atoms with Crippen LogP contribution in [0.2, 0.25) is 0 Å². The third-order valence-electron chi connectivity index (χ3n) is 6.57. The highest BCUT2D eigenvalue weighted by Crippen LogP contribution is 2.25. The minimum absolute atomic E-state index is 0.0362. The molecule has 2 aromatic carbocycles. The van der Waals surface area contributed by atoms with Gasteiger partial charge in [-0.15, -0.1) is 0 Å². The Bertz CT molecular complexity index is 916. The van der Waals surface area contributed by atoms with Gasteiger partial charge in [0.2, 0.25) is 0 Å². The average Bonchev–Trinajstić information content (AvgIpc) is 2.81. The average molecular weight is 439 g/mol. The van der Waals surface area contributed by atoms with Crippen molar-refractivity contribution in [3.05, 3.63) is 53.6 Å². The van der Waals surface area contributed by atoms with Crippen molar-refractivity contribution in [3.63, 3.8) is 0 Å². The quantitative estimate of drug-likeness (QED) is 0.765. The lowest BCUT2D eigenvalue weighted by Crippen LogP contribution is -2.45. The molecule has 1 fully saturated rings. The molecule has 1 unspecified atom stereocenters. The Labute approximate surface area is 190 Å². The molecule has 2 bridgehead atoms. The monoisotopic (exact) mass is 438 g/mol. The Hall–Kier alpha value is -2.73. The molecular weight excluding hydrogens is 404 g/mol. The minimum atomic E-state index is -0.0816. The van der Waals surface area contributed by atoms with Gasteiger partial charge in [0.15, 0.2) is 0 Å². The van der Waals surface area contributed by atoms with Gasteiger partial charge in [0, 0.05) is 37.3 Å². The van der Waals surface area contributed by atoms with Crippen LogP contribution in [0.4, 0.5) is 0 Å². The van der Waals surface area contributed by atoms with Gasteiger partial charge in [0.25, 0.3) is 5.91 Å². The van der Waals surface area contributed by atoms with Gasteiger partial charge in [0.1, 0.15) is 17.2 Å². The normalized spacial score (nSPS) is 20.5. The summed E-state index contributed by atoms with van der Waals surface area (Å²) in [5.74, 6) is 1.33. The second kappa shape index (κ2) is 10.7. The molecule has 6 heteroatoms. The second-order valence-electron chi connectivity index (χ2n) is 8.79. The molecule has 1 amide bonds. The molecule has 0 saturated carbocycles. The number of nitrogens with zero attached hydrogens (tertiary/aromatic N) is 2. The molecule has 1 N–H and O–H groups in total. The first-order chi connectivity index (χ1) is 15.6. The SMILES string of the molecule is COc1cc(O)cc(C(=O)N2CCCOc3cccc(c3)CCC3CCCCN3CC2)c1. The third-order valence-corrected chi connectivity index (χ3v) is 6.57. The van der Waals surface area contributed by atoms with E-state index in [1.54, 1.807) is 6.07 Å². The van der Waals surface area contributed by atoms with Crippen LogP contribution in [-0.2, 0) is 6.42 Å². The van der Waals surface area contributed by atoms with Crippen molar-refractivity contribution in [1.82, 2.24) is 9.80 Å². The molecule has 0 aliphatic carbocycles. The van der Waals surface area contributed by atoms with Crippen LogP contribution in [-0.4, -0.2) is 66.8 Å². The summed E-state index contributed by atoms with van der Waals surface area (Å²) in [5, 5.41) is 10.0. The lowest BCUT2D eigenvalue weighted by Gasteiger charge is -2.37. The highest BCUT2D eigenvalue weighted by Gasteiger charge is 2.24. The summed E-state index contributed by atoms with van der Waals surface area (Å²) < 4.78 is 11.2. The zero-order valence-electron chi connectivity index (χ0n) is 19.0. The Balaban J connectivity index is 1.54. The summed E-state index contributed by atoms with van der Waals surface area (Å²) in [4.78, 5) is 17.8. The van der Waals surface area contributed by atoms with Gasteiger partial charge in [-0.25, -0.2) is 0 Å². The Morgan fingerprint density at radius 3 is 2.81 bits per heavy atom. The molecule has 2 aliphatic heterocycles. The van der Waals surface area contributed by atoms with E-state index in [4.69, 9.17) is 9.47 Å². The number of rotatable bonds is 2. The molecule has 32 heavy (non-hydrogen) atoms. The van der Waals surface area contributed by atoms with Crippen molar-refractivity contribution in [2.75, 3.05) is 39.9 Å². The number of amides is 1. The van der Waals surface area contributed by atoms with E-state index in [1.165, 1.54) is 44.1 Å². The van der Waals surface area contributed by atoms with E-state index in [0.29, 0.717) is 37.1 Å². The highest BCUT2D eigenvalue weighted by molar-refractivity contribution is 5.95. The maximum atomic E-state index is 13.4. The molecule has 0 radical (unpaired) electrons. The Kier molecular flexibility index (Phi) is 7.53. The summed E-state index contributed by atoms with van der Waals surface area (Å²) in [6, 6.07) is 13.7. The summed E-state index contributed by atoms with van der Waals surface area (Å²) in [6.07, 6.45) is 6.63. The van der Waals surface area contributed by atoms with Crippen molar-refractivity contribution >= 4 is 5.91 Å². The fourth-order valence-electron chi connectivity index (χ4n) is 4.82. The molecule has 2 aliphatic rings. The molecule has 0 spiro atoms. The zero-order valence-corrected chi connectivity index (χ0v) is 19.0. The van der Waals surface area contributed by atoms with E-state index in [9.17, 15) is 9.90 Å². The molecule has 2 aromatic rings. The van der Waals surface area contributed by atoms with Gasteiger partial charge in [-0.1, -0.05) is 18.6 Å². The fraction of sp³-hybridized carbons (Fsp3) is 0.500. The maximum absolute atomic E-state index is 13.4. The Morgan fingerprint density at radius 2 is 1.94 bits per heavy atom. The zero-order chi connectivity index (χ0) is 22.3. The first-order valence-corrected chi connectivity index (χ1v) is 11.8. The lowest BCUT2D eigenvalue weighted by atomic mass is 9.95. The third kappa shape index (κ3) is 5.74. The van der Waals surface area contributed by atoms with Crippen LogP contribution < -0.4 is 9.47 Å². The summed E-state index contributed by atoms with van der Waals surface area (Å²) in [5.41, 5.74) is 1.78. The molecule has 4 rings (SSSR count). The number of carbonyl (C=O) groups is 1. The first-order valence-electron chi connectivity index (χ1n) is 11.8. The summed E-state index contributed by atoms with van der Waals surface area (Å²) >= 11 is 0. The first kappa shape index (κ1) is 22.5. The van der Waals surface area contributed by atoms with Gasteiger partial charge in [0.05, 0.1) is 13.7 Å². The molecule has 6 nitrogen and oxygen atoms in total. The highest BCUT2D eigenvalue weighted by atomic mass is 16.5. The van der Waals surface area contributed by atoms with Crippen molar-refractivity contribution in [2.45, 2.75) is 44.6 Å². The van der Waals surface area contributed by atoms with Gasteiger partial charge in [-0.3, -0.25) is 9.69 Å². The number of benzene rings is 2. The fourth-order valence-corrected chi connectivity index (χ4v) is 4.82. The van der Waals surface area contributed by atoms with Gasteiger partial charge in [-0.2, -0.15) is 0 Å². The van der Waals surface area contributed by atoms with Crippen LogP contribution >= 0.6 is 0 Å². The van der Waals surface area contributed by atoms with Crippen molar-refractivity contribution in [3.8, 4) is 17.2 Å². The molecular formula is C26H34N2O4. The number of methoxy groups -OCH3 is 1.